The minimum Gasteiger partial charge on any atom is -0.480 e. The molecule has 2 saturated heterocycles. The third-order valence-corrected chi connectivity index (χ3v) is 3.92. The Labute approximate surface area is 111 Å². The number of amides is 2. The van der Waals surface area contributed by atoms with Crippen LogP contribution >= 0.6 is 0 Å². The highest BCUT2D eigenvalue weighted by atomic mass is 16.4. The minimum absolute atomic E-state index is 0.0582. The van der Waals surface area contributed by atoms with E-state index >= 15 is 0 Å². The van der Waals surface area contributed by atoms with Gasteiger partial charge in [0, 0.05) is 26.1 Å². The van der Waals surface area contributed by atoms with Crippen LogP contribution in [0.3, 0.4) is 0 Å². The Morgan fingerprint density at radius 1 is 1.26 bits per heavy atom. The molecule has 19 heavy (non-hydrogen) atoms. The first-order chi connectivity index (χ1) is 8.80. The third-order valence-electron chi connectivity index (χ3n) is 3.92. The molecule has 3 N–H and O–H groups in total. The van der Waals surface area contributed by atoms with Crippen LogP contribution in [0.2, 0.25) is 0 Å². The lowest BCUT2D eigenvalue weighted by molar-refractivity contribution is -0.141. The van der Waals surface area contributed by atoms with Gasteiger partial charge in [-0.3, -0.25) is 0 Å². The Bertz CT molecular complexity index is 374. The lowest BCUT2D eigenvalue weighted by Gasteiger charge is -2.38. The molecule has 0 aromatic rings. The maximum atomic E-state index is 12.3. The summed E-state index contributed by atoms with van der Waals surface area (Å²) in [5.74, 6) is -1.09. The number of aliphatic carboxylic acids is 1. The summed E-state index contributed by atoms with van der Waals surface area (Å²) in [5.41, 5.74) is -0.756. The fourth-order valence-corrected chi connectivity index (χ4v) is 2.62. The van der Waals surface area contributed by atoms with Gasteiger partial charge in [-0.2, -0.15) is 0 Å². The molecular formula is C12H20N2O5. The smallest absolute Gasteiger partial charge is 0.326 e. The second-order valence-electron chi connectivity index (χ2n) is 5.66. The van der Waals surface area contributed by atoms with E-state index in [1.165, 1.54) is 4.90 Å². The molecule has 2 heterocycles. The lowest BCUT2D eigenvalue weighted by Crippen LogP contribution is -2.52. The summed E-state index contributed by atoms with van der Waals surface area (Å²) in [6.45, 7) is 2.60. The molecule has 2 aliphatic rings. The zero-order valence-electron chi connectivity index (χ0n) is 10.9. The van der Waals surface area contributed by atoms with E-state index in [2.05, 4.69) is 0 Å². The fourth-order valence-electron chi connectivity index (χ4n) is 2.62. The second kappa shape index (κ2) is 4.97. The van der Waals surface area contributed by atoms with Gasteiger partial charge in [0.1, 0.15) is 6.04 Å². The highest BCUT2D eigenvalue weighted by Crippen LogP contribution is 2.25. The summed E-state index contributed by atoms with van der Waals surface area (Å²) in [6.07, 6.45) is 0.254. The molecule has 2 aliphatic heterocycles. The number of carbonyl (C=O) groups is 2. The molecule has 2 rings (SSSR count). The van der Waals surface area contributed by atoms with E-state index in [-0.39, 0.29) is 19.0 Å². The number of likely N-dealkylation sites (tertiary alicyclic amines) is 2. The van der Waals surface area contributed by atoms with E-state index < -0.39 is 23.7 Å². The first-order valence-corrected chi connectivity index (χ1v) is 6.49. The van der Waals surface area contributed by atoms with Crippen molar-refractivity contribution in [2.24, 2.45) is 0 Å². The maximum absolute atomic E-state index is 12.3. The van der Waals surface area contributed by atoms with Crippen LogP contribution in [0.4, 0.5) is 4.79 Å². The molecule has 0 aromatic heterocycles. The summed E-state index contributed by atoms with van der Waals surface area (Å²) >= 11 is 0. The number of urea groups is 1. The Balaban J connectivity index is 2.01. The number of aliphatic hydroxyl groups is 2. The second-order valence-corrected chi connectivity index (χ2v) is 5.66. The summed E-state index contributed by atoms with van der Waals surface area (Å²) in [6, 6.07) is -1.32. The Morgan fingerprint density at radius 2 is 1.84 bits per heavy atom. The summed E-state index contributed by atoms with van der Waals surface area (Å²) in [4.78, 5) is 26.1. The normalized spacial score (nSPS) is 30.5. The van der Waals surface area contributed by atoms with Crippen LogP contribution in [0.15, 0.2) is 0 Å². The van der Waals surface area contributed by atoms with E-state index in [1.807, 2.05) is 0 Å². The van der Waals surface area contributed by atoms with E-state index in [4.69, 9.17) is 5.11 Å². The zero-order valence-corrected chi connectivity index (χ0v) is 10.9. The number of carbonyl (C=O) groups excluding carboxylic acids is 1. The average Bonchev–Trinajstić information content (AvgIpc) is 2.70. The van der Waals surface area contributed by atoms with Crippen LogP contribution in [0, 0.1) is 0 Å². The van der Waals surface area contributed by atoms with Crippen molar-refractivity contribution < 1.29 is 24.9 Å². The van der Waals surface area contributed by atoms with Crippen LogP contribution in [-0.2, 0) is 4.79 Å². The van der Waals surface area contributed by atoms with Gasteiger partial charge in [-0.25, -0.2) is 9.59 Å². The molecule has 0 spiro atoms. The number of carboxylic acids is 1. The van der Waals surface area contributed by atoms with Gasteiger partial charge < -0.3 is 25.1 Å². The maximum Gasteiger partial charge on any atom is 0.326 e. The number of β-amino-alcohol motifs (C(OH)–C–C–N with tert-alkyl or cyclic N) is 1. The van der Waals surface area contributed by atoms with E-state index in [0.29, 0.717) is 25.9 Å². The van der Waals surface area contributed by atoms with Crippen molar-refractivity contribution in [2.45, 2.75) is 43.9 Å². The topological polar surface area (TPSA) is 101 Å². The Hall–Kier alpha value is -1.34. The van der Waals surface area contributed by atoms with Crippen molar-refractivity contribution in [3.8, 4) is 0 Å². The van der Waals surface area contributed by atoms with Crippen molar-refractivity contribution in [3.63, 3.8) is 0 Å². The average molecular weight is 272 g/mol. The van der Waals surface area contributed by atoms with Crippen LogP contribution in [0.25, 0.3) is 0 Å². The quantitative estimate of drug-likeness (QED) is 0.596. The third kappa shape index (κ3) is 2.98. The van der Waals surface area contributed by atoms with Gasteiger partial charge in [0.15, 0.2) is 0 Å². The molecule has 2 fully saturated rings. The number of aliphatic hydroxyl groups excluding tert-OH is 1. The molecule has 108 valence electrons. The fraction of sp³-hybridized carbons (Fsp3) is 0.833. The van der Waals surface area contributed by atoms with Crippen molar-refractivity contribution in [2.75, 3.05) is 19.6 Å². The predicted molar refractivity (Wildman–Crippen MR) is 65.6 cm³/mol. The number of hydrogen-bond acceptors (Lipinski definition) is 4. The summed E-state index contributed by atoms with van der Waals surface area (Å²) in [5, 5.41) is 28.4. The van der Waals surface area contributed by atoms with Crippen LogP contribution in [-0.4, -0.2) is 74.5 Å². The lowest BCUT2D eigenvalue weighted by atomic mass is 9.94. The number of carboxylic acid groups (broad SMARTS) is 1. The van der Waals surface area contributed by atoms with Gasteiger partial charge >= 0.3 is 12.0 Å². The predicted octanol–water partition coefficient (Wildman–Crippen LogP) is -0.527. The van der Waals surface area contributed by atoms with Crippen LogP contribution in [0.1, 0.15) is 26.2 Å². The molecule has 0 radical (unpaired) electrons. The van der Waals surface area contributed by atoms with Gasteiger partial charge in [0.05, 0.1) is 11.7 Å². The molecule has 0 unspecified atom stereocenters. The molecule has 0 aromatic carbocycles. The minimum atomic E-state index is -1.09. The van der Waals surface area contributed by atoms with Gasteiger partial charge in [-0.15, -0.1) is 0 Å². The summed E-state index contributed by atoms with van der Waals surface area (Å²) < 4.78 is 0. The first-order valence-electron chi connectivity index (χ1n) is 6.49. The van der Waals surface area contributed by atoms with Gasteiger partial charge in [0.2, 0.25) is 0 Å². The van der Waals surface area contributed by atoms with Crippen LogP contribution < -0.4 is 0 Å². The van der Waals surface area contributed by atoms with Gasteiger partial charge in [-0.1, -0.05) is 0 Å². The molecular weight excluding hydrogens is 252 g/mol. The first kappa shape index (κ1) is 14.1. The number of rotatable bonds is 1. The molecule has 2 atom stereocenters. The molecule has 7 heteroatoms. The van der Waals surface area contributed by atoms with Gasteiger partial charge in [0.25, 0.3) is 0 Å². The van der Waals surface area contributed by atoms with Crippen molar-refractivity contribution in [1.29, 1.82) is 0 Å². The zero-order chi connectivity index (χ0) is 14.2. The number of piperidine rings is 1. The highest BCUT2D eigenvalue weighted by Gasteiger charge is 2.41. The number of hydrogen-bond donors (Lipinski definition) is 3. The number of nitrogens with zero attached hydrogens (tertiary/aromatic N) is 2. The van der Waals surface area contributed by atoms with Crippen molar-refractivity contribution >= 4 is 12.0 Å². The molecule has 0 bridgehead atoms. The van der Waals surface area contributed by atoms with E-state index in [1.54, 1.807) is 11.8 Å². The standard InChI is InChI=1S/C12H20N2O5/c1-12(19)2-4-13(5-3-12)11(18)14-7-8(15)6-9(14)10(16)17/h8-9,15,19H,2-7H2,1H3,(H,16,17)/t8-,9+/m1/s1. The van der Waals surface area contributed by atoms with Gasteiger partial charge in [-0.05, 0) is 19.8 Å². The molecule has 0 aliphatic carbocycles. The summed E-state index contributed by atoms with van der Waals surface area (Å²) in [7, 11) is 0. The molecule has 2 amide bonds. The molecule has 7 nitrogen and oxygen atoms in total. The monoisotopic (exact) mass is 272 g/mol. The largest absolute Gasteiger partial charge is 0.480 e. The van der Waals surface area contributed by atoms with E-state index in [0.717, 1.165) is 0 Å². The Morgan fingerprint density at radius 3 is 2.37 bits per heavy atom. The molecule has 0 saturated carbocycles. The van der Waals surface area contributed by atoms with Crippen molar-refractivity contribution in [3.05, 3.63) is 0 Å². The highest BCUT2D eigenvalue weighted by molar-refractivity contribution is 5.83. The Kier molecular flexibility index (Phi) is 3.69. The van der Waals surface area contributed by atoms with Crippen molar-refractivity contribution in [1.82, 2.24) is 9.80 Å². The SMILES string of the molecule is CC1(O)CCN(C(=O)N2C[C@H](O)C[C@H]2C(=O)O)CC1. The van der Waals surface area contributed by atoms with E-state index in [9.17, 15) is 19.8 Å². The van der Waals surface area contributed by atoms with Crippen LogP contribution in [0.5, 0.6) is 0 Å².